The smallest absolute Gasteiger partial charge is 0.234 e. The molecule has 248 valence electrons. The Labute approximate surface area is 266 Å². The number of unbranched alkanes of at least 4 members (excludes halogenated alkanes) is 28. The first kappa shape index (κ1) is 39.2. The highest BCUT2D eigenvalue weighted by Gasteiger charge is 2.16. The second-order valence-electron chi connectivity index (χ2n) is 13.8. The van der Waals surface area contributed by atoms with E-state index in [1.165, 1.54) is 219 Å². The van der Waals surface area contributed by atoms with Gasteiger partial charge in [0.25, 0.3) is 5.82 Å². The number of nitrogens with zero attached hydrogens (tertiary/aromatic N) is 2. The van der Waals surface area contributed by atoms with Gasteiger partial charge in [0.1, 0.15) is 12.4 Å². The van der Waals surface area contributed by atoms with E-state index in [0.717, 1.165) is 0 Å². The normalized spacial score (nSPS) is 11.6. The number of imidazole rings is 1. The standard InChI is InChI=1S/C40H79N2/c1-4-7-10-12-14-16-18-20-21-23-25-27-29-31-34-37-42-39-38-41(36-33-9-6-3)40(42)35-32-30-28-26-24-22-19-17-15-13-11-8-5-2/h38-39H,4-37H2,1-3H3/q+1. The largest absolute Gasteiger partial charge is 0.256 e. The Morgan fingerprint density at radius 1 is 0.405 bits per heavy atom. The highest BCUT2D eigenvalue weighted by atomic mass is 15.1. The molecule has 0 aliphatic rings. The Bertz CT molecular complexity index is 648. The maximum absolute atomic E-state index is 2.62. The Morgan fingerprint density at radius 3 is 1.14 bits per heavy atom. The zero-order chi connectivity index (χ0) is 30.2. The molecule has 0 aliphatic carbocycles. The summed E-state index contributed by atoms with van der Waals surface area (Å²) in [6.07, 6.45) is 50.5. The number of hydrogen-bond acceptors (Lipinski definition) is 0. The minimum absolute atomic E-state index is 1.22. The summed E-state index contributed by atoms with van der Waals surface area (Å²) in [4.78, 5) is 0. The summed E-state index contributed by atoms with van der Waals surface area (Å²) in [6.45, 7) is 9.38. The van der Waals surface area contributed by atoms with Crippen LogP contribution in [-0.2, 0) is 19.5 Å². The first-order chi connectivity index (χ1) is 20.8. The minimum Gasteiger partial charge on any atom is -0.234 e. The molecule has 0 unspecified atom stereocenters. The molecule has 1 aromatic rings. The summed E-state index contributed by atoms with van der Waals surface area (Å²) >= 11 is 0. The van der Waals surface area contributed by atoms with Crippen LogP contribution in [0.25, 0.3) is 0 Å². The summed E-state index contributed by atoms with van der Waals surface area (Å²) in [5.41, 5.74) is 0. The molecule has 2 nitrogen and oxygen atoms in total. The van der Waals surface area contributed by atoms with Crippen LogP contribution in [0.2, 0.25) is 0 Å². The molecule has 0 spiro atoms. The molecule has 0 amide bonds. The van der Waals surface area contributed by atoms with Crippen LogP contribution in [0.5, 0.6) is 0 Å². The molecule has 0 aromatic carbocycles. The van der Waals surface area contributed by atoms with E-state index in [1.807, 2.05) is 0 Å². The molecule has 1 aromatic heterocycles. The third kappa shape index (κ3) is 23.6. The summed E-state index contributed by atoms with van der Waals surface area (Å²) in [5.74, 6) is 1.61. The number of rotatable bonds is 34. The fraction of sp³-hybridized carbons (Fsp3) is 0.925. The summed E-state index contributed by atoms with van der Waals surface area (Å²) in [6, 6.07) is 0. The molecule has 0 aliphatic heterocycles. The van der Waals surface area contributed by atoms with Crippen LogP contribution in [0.1, 0.15) is 226 Å². The van der Waals surface area contributed by atoms with E-state index in [1.54, 1.807) is 5.82 Å². The van der Waals surface area contributed by atoms with Crippen LogP contribution in [0.15, 0.2) is 12.4 Å². The maximum Gasteiger partial charge on any atom is 0.256 e. The van der Waals surface area contributed by atoms with Crippen molar-refractivity contribution in [1.29, 1.82) is 0 Å². The van der Waals surface area contributed by atoms with E-state index in [4.69, 9.17) is 0 Å². The zero-order valence-corrected chi connectivity index (χ0v) is 29.6. The van der Waals surface area contributed by atoms with E-state index in [2.05, 4.69) is 42.3 Å². The van der Waals surface area contributed by atoms with Gasteiger partial charge in [0.15, 0.2) is 0 Å². The summed E-state index contributed by atoms with van der Waals surface area (Å²) in [5, 5.41) is 0. The molecule has 1 heterocycles. The van der Waals surface area contributed by atoms with E-state index in [0.29, 0.717) is 0 Å². The molecular weight excluding hydrogens is 508 g/mol. The second kappa shape index (κ2) is 31.6. The zero-order valence-electron chi connectivity index (χ0n) is 29.6. The van der Waals surface area contributed by atoms with E-state index < -0.39 is 0 Å². The van der Waals surface area contributed by atoms with Gasteiger partial charge in [-0.25, -0.2) is 9.13 Å². The van der Waals surface area contributed by atoms with Gasteiger partial charge in [-0.15, -0.1) is 0 Å². The lowest BCUT2D eigenvalue weighted by molar-refractivity contribution is -0.704. The van der Waals surface area contributed by atoms with Crippen molar-refractivity contribution in [2.75, 3.05) is 0 Å². The Hall–Kier alpha value is -0.790. The molecule has 0 radical (unpaired) electrons. The lowest BCUT2D eigenvalue weighted by atomic mass is 10.0. The minimum atomic E-state index is 1.22. The van der Waals surface area contributed by atoms with Gasteiger partial charge in [0, 0.05) is 6.42 Å². The highest BCUT2D eigenvalue weighted by molar-refractivity contribution is 4.84. The van der Waals surface area contributed by atoms with Crippen LogP contribution < -0.4 is 4.57 Å². The number of aryl methyl sites for hydroxylation is 2. The van der Waals surface area contributed by atoms with Crippen molar-refractivity contribution >= 4 is 0 Å². The van der Waals surface area contributed by atoms with E-state index >= 15 is 0 Å². The van der Waals surface area contributed by atoms with Crippen molar-refractivity contribution in [3.05, 3.63) is 18.2 Å². The molecule has 0 atom stereocenters. The van der Waals surface area contributed by atoms with Gasteiger partial charge in [-0.2, -0.15) is 0 Å². The Balaban J connectivity index is 2.13. The van der Waals surface area contributed by atoms with Gasteiger partial charge in [-0.3, -0.25) is 0 Å². The molecular formula is C40H79N2+. The van der Waals surface area contributed by atoms with Gasteiger partial charge in [0.2, 0.25) is 0 Å². The third-order valence-electron chi connectivity index (χ3n) is 9.60. The SMILES string of the molecule is CCCCCCCCCCCCCCCCCn1cc[n+](CCCCC)c1CCCCCCCCCCCCCCC. The van der Waals surface area contributed by atoms with Gasteiger partial charge >= 0.3 is 0 Å². The monoisotopic (exact) mass is 588 g/mol. The first-order valence-corrected chi connectivity index (χ1v) is 19.9. The predicted molar refractivity (Wildman–Crippen MR) is 188 cm³/mol. The predicted octanol–water partition coefficient (Wildman–Crippen LogP) is 13.5. The van der Waals surface area contributed by atoms with Crippen molar-refractivity contribution in [1.82, 2.24) is 4.57 Å². The molecule has 0 fully saturated rings. The lowest BCUT2D eigenvalue weighted by Crippen LogP contribution is -2.37. The third-order valence-corrected chi connectivity index (χ3v) is 9.60. The molecule has 1 rings (SSSR count). The first-order valence-electron chi connectivity index (χ1n) is 19.9. The highest BCUT2D eigenvalue weighted by Crippen LogP contribution is 2.16. The fourth-order valence-corrected chi connectivity index (χ4v) is 6.68. The van der Waals surface area contributed by atoms with Crippen LogP contribution in [0.3, 0.4) is 0 Å². The second-order valence-corrected chi connectivity index (χ2v) is 13.8. The Morgan fingerprint density at radius 2 is 0.738 bits per heavy atom. The molecule has 42 heavy (non-hydrogen) atoms. The average Bonchev–Trinajstić information content (AvgIpc) is 3.38. The average molecular weight is 588 g/mol. The van der Waals surface area contributed by atoms with E-state index in [9.17, 15) is 0 Å². The number of hydrogen-bond donors (Lipinski definition) is 0. The fourth-order valence-electron chi connectivity index (χ4n) is 6.68. The van der Waals surface area contributed by atoms with E-state index in [-0.39, 0.29) is 0 Å². The number of aromatic nitrogens is 2. The van der Waals surface area contributed by atoms with Crippen molar-refractivity contribution in [2.24, 2.45) is 0 Å². The van der Waals surface area contributed by atoms with Crippen LogP contribution in [0.4, 0.5) is 0 Å². The maximum atomic E-state index is 2.62. The molecule has 0 bridgehead atoms. The van der Waals surface area contributed by atoms with Crippen molar-refractivity contribution in [3.63, 3.8) is 0 Å². The van der Waals surface area contributed by atoms with Crippen molar-refractivity contribution < 1.29 is 4.57 Å². The van der Waals surface area contributed by atoms with Gasteiger partial charge in [-0.1, -0.05) is 188 Å². The van der Waals surface area contributed by atoms with Gasteiger partial charge < -0.3 is 0 Å². The van der Waals surface area contributed by atoms with Gasteiger partial charge in [0.05, 0.1) is 13.1 Å². The molecule has 0 saturated carbocycles. The topological polar surface area (TPSA) is 8.81 Å². The van der Waals surface area contributed by atoms with Crippen molar-refractivity contribution in [2.45, 2.75) is 239 Å². The lowest BCUT2D eigenvalue weighted by Gasteiger charge is -2.07. The molecule has 0 N–H and O–H groups in total. The quantitative estimate of drug-likeness (QED) is 0.0560. The van der Waals surface area contributed by atoms with Crippen LogP contribution >= 0.6 is 0 Å². The Kier molecular flexibility index (Phi) is 29.5. The molecule has 0 saturated heterocycles. The molecule has 2 heteroatoms. The summed E-state index contributed by atoms with van der Waals surface area (Å²) in [7, 11) is 0. The summed E-state index contributed by atoms with van der Waals surface area (Å²) < 4.78 is 5.22. The van der Waals surface area contributed by atoms with Gasteiger partial charge in [-0.05, 0) is 32.1 Å². The van der Waals surface area contributed by atoms with Crippen LogP contribution in [-0.4, -0.2) is 4.57 Å². The van der Waals surface area contributed by atoms with Crippen LogP contribution in [0, 0.1) is 0 Å². The van der Waals surface area contributed by atoms with Crippen molar-refractivity contribution in [3.8, 4) is 0 Å².